The molecule has 1 aliphatic rings. The van der Waals surface area contributed by atoms with Gasteiger partial charge in [0, 0.05) is 23.7 Å². The lowest BCUT2D eigenvalue weighted by molar-refractivity contribution is -0.385. The van der Waals surface area contributed by atoms with E-state index in [4.69, 9.17) is 5.73 Å². The van der Waals surface area contributed by atoms with Gasteiger partial charge in [-0.05, 0) is 32.0 Å². The Labute approximate surface area is 117 Å². The van der Waals surface area contributed by atoms with Crippen LogP contribution < -0.4 is 5.73 Å². The first kappa shape index (κ1) is 14.5. The molecule has 2 rings (SSSR count). The van der Waals surface area contributed by atoms with Crippen LogP contribution in [0.2, 0.25) is 0 Å². The summed E-state index contributed by atoms with van der Waals surface area (Å²) in [6, 6.07) is 4.47. The Bertz CT molecular complexity index is 508. The van der Waals surface area contributed by atoms with E-state index in [1.807, 2.05) is 0 Å². The van der Waals surface area contributed by atoms with E-state index in [0.29, 0.717) is 12.1 Å². The molecular formula is C14H19N3O3. The van der Waals surface area contributed by atoms with Gasteiger partial charge >= 0.3 is 0 Å². The molecule has 1 aromatic rings. The zero-order chi connectivity index (χ0) is 14.5. The van der Waals surface area contributed by atoms with Crippen LogP contribution in [0.4, 0.5) is 5.69 Å². The van der Waals surface area contributed by atoms with E-state index in [0.717, 1.165) is 25.9 Å². The molecule has 1 fully saturated rings. The highest BCUT2D eigenvalue weighted by molar-refractivity contribution is 5.93. The Kier molecular flexibility index (Phi) is 4.68. The molecule has 0 aromatic heterocycles. The number of nitrogens with two attached hydrogens (primary N) is 1. The number of primary amides is 1. The Hall–Kier alpha value is -1.95. The molecule has 2 N–H and O–H groups in total. The highest BCUT2D eigenvalue weighted by atomic mass is 16.6. The lowest BCUT2D eigenvalue weighted by atomic mass is 10.1. The van der Waals surface area contributed by atoms with Crippen LogP contribution in [-0.4, -0.2) is 28.8 Å². The summed E-state index contributed by atoms with van der Waals surface area (Å²) in [7, 11) is 0. The van der Waals surface area contributed by atoms with Crippen molar-refractivity contribution in [1.29, 1.82) is 0 Å². The number of hydrogen-bond acceptors (Lipinski definition) is 4. The topological polar surface area (TPSA) is 89.5 Å². The number of nitrogens with zero attached hydrogens (tertiary/aromatic N) is 2. The molecule has 0 atom stereocenters. The Morgan fingerprint density at radius 2 is 1.90 bits per heavy atom. The summed E-state index contributed by atoms with van der Waals surface area (Å²) in [4.78, 5) is 24.0. The highest BCUT2D eigenvalue weighted by Gasteiger charge is 2.19. The number of nitro groups is 1. The minimum atomic E-state index is -0.644. The van der Waals surface area contributed by atoms with E-state index in [1.54, 1.807) is 12.1 Å². The van der Waals surface area contributed by atoms with Gasteiger partial charge in [0.15, 0.2) is 0 Å². The predicted molar refractivity (Wildman–Crippen MR) is 75.4 cm³/mol. The second-order valence-corrected chi connectivity index (χ2v) is 5.16. The summed E-state index contributed by atoms with van der Waals surface area (Å²) in [5, 5.41) is 11.1. The second-order valence-electron chi connectivity index (χ2n) is 5.16. The first-order chi connectivity index (χ1) is 9.58. The fourth-order valence-corrected chi connectivity index (χ4v) is 2.56. The van der Waals surface area contributed by atoms with Crippen molar-refractivity contribution in [2.24, 2.45) is 5.73 Å². The summed E-state index contributed by atoms with van der Waals surface area (Å²) in [5.74, 6) is -0.644. The van der Waals surface area contributed by atoms with Gasteiger partial charge in [0.2, 0.25) is 5.91 Å². The smallest absolute Gasteiger partial charge is 0.274 e. The summed E-state index contributed by atoms with van der Waals surface area (Å²) in [6.07, 6.45) is 4.71. The van der Waals surface area contributed by atoms with Crippen molar-refractivity contribution in [3.63, 3.8) is 0 Å². The van der Waals surface area contributed by atoms with E-state index in [9.17, 15) is 14.9 Å². The first-order valence-corrected chi connectivity index (χ1v) is 6.87. The van der Waals surface area contributed by atoms with E-state index in [-0.39, 0.29) is 11.3 Å². The maximum atomic E-state index is 11.1. The monoisotopic (exact) mass is 277 g/mol. The standard InChI is InChI=1S/C14H19N3O3/c15-14(18)11-5-6-12(13(9-11)17(19)20)10-16-7-3-1-2-4-8-16/h5-6,9H,1-4,7-8,10H2,(H2,15,18). The molecule has 20 heavy (non-hydrogen) atoms. The third kappa shape index (κ3) is 3.54. The average Bonchev–Trinajstić information content (AvgIpc) is 2.67. The van der Waals surface area contributed by atoms with Crippen LogP contribution in [0.3, 0.4) is 0 Å². The molecule has 0 saturated carbocycles. The zero-order valence-corrected chi connectivity index (χ0v) is 11.4. The average molecular weight is 277 g/mol. The lowest BCUT2D eigenvalue weighted by Gasteiger charge is -2.19. The largest absolute Gasteiger partial charge is 0.366 e. The number of hydrogen-bond donors (Lipinski definition) is 1. The van der Waals surface area contributed by atoms with Crippen LogP contribution in [-0.2, 0) is 6.54 Å². The summed E-state index contributed by atoms with van der Waals surface area (Å²) >= 11 is 0. The van der Waals surface area contributed by atoms with Crippen LogP contribution in [0.25, 0.3) is 0 Å². The number of rotatable bonds is 4. The molecule has 0 aliphatic carbocycles. The summed E-state index contributed by atoms with van der Waals surface area (Å²) in [5.41, 5.74) is 5.96. The van der Waals surface area contributed by atoms with Crippen molar-refractivity contribution in [2.45, 2.75) is 32.2 Å². The number of likely N-dealkylation sites (tertiary alicyclic amines) is 1. The first-order valence-electron chi connectivity index (χ1n) is 6.87. The number of carbonyl (C=O) groups excluding carboxylic acids is 1. The molecule has 0 spiro atoms. The van der Waals surface area contributed by atoms with Gasteiger partial charge in [-0.1, -0.05) is 18.9 Å². The Morgan fingerprint density at radius 3 is 2.45 bits per heavy atom. The normalized spacial score (nSPS) is 16.6. The van der Waals surface area contributed by atoms with Gasteiger partial charge in [-0.15, -0.1) is 0 Å². The van der Waals surface area contributed by atoms with Crippen LogP contribution in [0.5, 0.6) is 0 Å². The molecular weight excluding hydrogens is 258 g/mol. The van der Waals surface area contributed by atoms with E-state index in [1.165, 1.54) is 18.9 Å². The van der Waals surface area contributed by atoms with Gasteiger partial charge in [-0.25, -0.2) is 0 Å². The number of amides is 1. The van der Waals surface area contributed by atoms with Gasteiger partial charge < -0.3 is 5.73 Å². The van der Waals surface area contributed by atoms with Crippen LogP contribution in [0.1, 0.15) is 41.6 Å². The molecule has 0 bridgehead atoms. The number of benzene rings is 1. The third-order valence-electron chi connectivity index (χ3n) is 3.66. The molecule has 0 unspecified atom stereocenters. The molecule has 1 heterocycles. The van der Waals surface area contributed by atoms with Gasteiger partial charge in [-0.3, -0.25) is 19.8 Å². The molecule has 6 nitrogen and oxygen atoms in total. The van der Waals surface area contributed by atoms with Gasteiger partial charge in [0.25, 0.3) is 5.69 Å². The summed E-state index contributed by atoms with van der Waals surface area (Å²) in [6.45, 7) is 2.48. The van der Waals surface area contributed by atoms with Crippen molar-refractivity contribution < 1.29 is 9.72 Å². The maximum Gasteiger partial charge on any atom is 0.274 e. The highest BCUT2D eigenvalue weighted by Crippen LogP contribution is 2.23. The Morgan fingerprint density at radius 1 is 1.25 bits per heavy atom. The van der Waals surface area contributed by atoms with Gasteiger partial charge in [0.1, 0.15) is 0 Å². The fourth-order valence-electron chi connectivity index (χ4n) is 2.56. The van der Waals surface area contributed by atoms with Crippen LogP contribution >= 0.6 is 0 Å². The molecule has 6 heteroatoms. The maximum absolute atomic E-state index is 11.1. The van der Waals surface area contributed by atoms with Crippen molar-refractivity contribution in [2.75, 3.05) is 13.1 Å². The van der Waals surface area contributed by atoms with Crippen LogP contribution in [0.15, 0.2) is 18.2 Å². The second kappa shape index (κ2) is 6.47. The molecule has 1 amide bonds. The predicted octanol–water partition coefficient (Wildman–Crippen LogP) is 2.07. The molecule has 1 aliphatic heterocycles. The van der Waals surface area contributed by atoms with Gasteiger partial charge in [-0.2, -0.15) is 0 Å². The molecule has 108 valence electrons. The summed E-state index contributed by atoms with van der Waals surface area (Å²) < 4.78 is 0. The van der Waals surface area contributed by atoms with E-state index < -0.39 is 10.8 Å². The van der Waals surface area contributed by atoms with E-state index >= 15 is 0 Å². The fraction of sp³-hybridized carbons (Fsp3) is 0.500. The molecule has 1 aromatic carbocycles. The zero-order valence-electron chi connectivity index (χ0n) is 11.4. The lowest BCUT2D eigenvalue weighted by Crippen LogP contribution is -2.24. The van der Waals surface area contributed by atoms with Crippen molar-refractivity contribution in [3.05, 3.63) is 39.4 Å². The third-order valence-corrected chi connectivity index (χ3v) is 3.66. The number of carbonyl (C=O) groups is 1. The van der Waals surface area contributed by atoms with Crippen LogP contribution in [0, 0.1) is 10.1 Å². The number of nitro benzene ring substituents is 1. The molecule has 1 saturated heterocycles. The van der Waals surface area contributed by atoms with Crippen molar-refractivity contribution >= 4 is 11.6 Å². The van der Waals surface area contributed by atoms with Gasteiger partial charge in [0.05, 0.1) is 4.92 Å². The minimum absolute atomic E-state index is 0.0226. The minimum Gasteiger partial charge on any atom is -0.366 e. The van der Waals surface area contributed by atoms with Crippen molar-refractivity contribution in [3.8, 4) is 0 Å². The van der Waals surface area contributed by atoms with Crippen molar-refractivity contribution in [1.82, 2.24) is 4.90 Å². The van der Waals surface area contributed by atoms with E-state index in [2.05, 4.69) is 4.90 Å². The SMILES string of the molecule is NC(=O)c1ccc(CN2CCCCCC2)c([N+](=O)[O-])c1. The quantitative estimate of drug-likeness (QED) is 0.674. The Balaban J connectivity index is 2.21. The molecule has 0 radical (unpaired) electrons.